The molecule has 1 rings (SSSR count). The summed E-state index contributed by atoms with van der Waals surface area (Å²) in [4.78, 5) is 1.86. The van der Waals surface area contributed by atoms with Crippen LogP contribution < -0.4 is 4.90 Å². The summed E-state index contributed by atoms with van der Waals surface area (Å²) in [5, 5.41) is 9.62. The van der Waals surface area contributed by atoms with Crippen LogP contribution in [-0.4, -0.2) is 18.7 Å². The van der Waals surface area contributed by atoms with Crippen LogP contribution in [0.3, 0.4) is 0 Å². The molecule has 16 heavy (non-hydrogen) atoms. The second kappa shape index (κ2) is 5.30. The van der Waals surface area contributed by atoms with Crippen LogP contribution >= 0.6 is 0 Å². The average molecular weight is 225 g/mol. The summed E-state index contributed by atoms with van der Waals surface area (Å²) in [6.45, 7) is 6.58. The predicted octanol–water partition coefficient (Wildman–Crippen LogP) is 2.97. The minimum atomic E-state index is -0.652. The first kappa shape index (κ1) is 13.0. The Hall–Kier alpha value is -1.09. The zero-order valence-electron chi connectivity index (χ0n) is 10.4. The number of aliphatic hydroxyl groups is 1. The first-order valence-electron chi connectivity index (χ1n) is 5.61. The Morgan fingerprint density at radius 1 is 1.31 bits per heavy atom. The number of benzene rings is 1. The van der Waals surface area contributed by atoms with Gasteiger partial charge in [0.1, 0.15) is 5.82 Å². The van der Waals surface area contributed by atoms with Gasteiger partial charge in [0, 0.05) is 19.2 Å². The highest BCUT2D eigenvalue weighted by molar-refractivity contribution is 5.55. The van der Waals surface area contributed by atoms with Crippen molar-refractivity contribution in [3.8, 4) is 0 Å². The molecule has 3 heteroatoms. The molecule has 90 valence electrons. The molecule has 1 aromatic carbocycles. The summed E-state index contributed by atoms with van der Waals surface area (Å²) in [6.07, 6.45) is -0.652. The van der Waals surface area contributed by atoms with E-state index in [1.54, 1.807) is 19.1 Å². The van der Waals surface area contributed by atoms with Crippen LogP contribution in [0.25, 0.3) is 0 Å². The van der Waals surface area contributed by atoms with Gasteiger partial charge in [-0.25, -0.2) is 4.39 Å². The number of halogens is 1. The number of aliphatic hydroxyl groups excluding tert-OH is 1. The minimum Gasteiger partial charge on any atom is -0.389 e. The molecule has 0 saturated carbocycles. The van der Waals surface area contributed by atoms with Gasteiger partial charge in [0.25, 0.3) is 0 Å². The van der Waals surface area contributed by atoms with Crippen LogP contribution in [0.4, 0.5) is 10.1 Å². The van der Waals surface area contributed by atoms with Crippen LogP contribution in [0.1, 0.15) is 32.4 Å². The highest BCUT2D eigenvalue weighted by Crippen LogP contribution is 2.28. The van der Waals surface area contributed by atoms with Crippen molar-refractivity contribution in [3.05, 3.63) is 29.6 Å². The average Bonchev–Trinajstić information content (AvgIpc) is 2.15. The summed E-state index contributed by atoms with van der Waals surface area (Å²) in [5.74, 6) is 0.174. The van der Waals surface area contributed by atoms with Gasteiger partial charge >= 0.3 is 0 Å². The zero-order chi connectivity index (χ0) is 12.3. The third kappa shape index (κ3) is 2.95. The fraction of sp³-hybridized carbons (Fsp3) is 0.538. The largest absolute Gasteiger partial charge is 0.389 e. The highest BCUT2D eigenvalue weighted by atomic mass is 19.1. The van der Waals surface area contributed by atoms with Crippen molar-refractivity contribution in [3.63, 3.8) is 0 Å². The molecule has 1 aromatic rings. The van der Waals surface area contributed by atoms with Crippen molar-refractivity contribution in [1.29, 1.82) is 0 Å². The van der Waals surface area contributed by atoms with E-state index in [9.17, 15) is 9.50 Å². The molecule has 0 radical (unpaired) electrons. The van der Waals surface area contributed by atoms with E-state index < -0.39 is 6.10 Å². The van der Waals surface area contributed by atoms with Crippen molar-refractivity contribution >= 4 is 5.69 Å². The third-order valence-electron chi connectivity index (χ3n) is 2.49. The van der Waals surface area contributed by atoms with Crippen molar-refractivity contribution in [2.45, 2.75) is 26.9 Å². The Morgan fingerprint density at radius 2 is 1.94 bits per heavy atom. The lowest BCUT2D eigenvalue weighted by molar-refractivity contribution is 0.199. The maximum absolute atomic E-state index is 13.8. The maximum atomic E-state index is 13.8. The number of nitrogens with zero attached hydrogens (tertiary/aromatic N) is 1. The normalized spacial score (nSPS) is 12.9. The second-order valence-corrected chi connectivity index (χ2v) is 4.63. The van der Waals surface area contributed by atoms with Crippen molar-refractivity contribution in [1.82, 2.24) is 0 Å². The van der Waals surface area contributed by atoms with E-state index in [2.05, 4.69) is 13.8 Å². The molecule has 1 atom stereocenters. The SMILES string of the molecule is CC(C)CN(C)c1c(F)cccc1[C@H](C)O. The first-order valence-corrected chi connectivity index (χ1v) is 5.61. The van der Waals surface area contributed by atoms with Gasteiger partial charge in [-0.05, 0) is 18.9 Å². The van der Waals surface area contributed by atoms with Gasteiger partial charge in [-0.15, -0.1) is 0 Å². The van der Waals surface area contributed by atoms with E-state index >= 15 is 0 Å². The number of para-hydroxylation sites is 1. The molecular weight excluding hydrogens is 205 g/mol. The Balaban J connectivity index is 3.09. The van der Waals surface area contributed by atoms with E-state index in [4.69, 9.17) is 0 Å². The fourth-order valence-electron chi connectivity index (χ4n) is 1.91. The monoisotopic (exact) mass is 225 g/mol. The van der Waals surface area contributed by atoms with E-state index in [1.165, 1.54) is 6.07 Å². The molecule has 0 fully saturated rings. The summed E-state index contributed by atoms with van der Waals surface area (Å²) < 4.78 is 13.8. The molecule has 0 aliphatic carbocycles. The lowest BCUT2D eigenvalue weighted by atomic mass is 10.1. The molecular formula is C13H20FNO. The molecule has 0 bridgehead atoms. The molecule has 2 nitrogen and oxygen atoms in total. The Kier molecular flexibility index (Phi) is 4.30. The van der Waals surface area contributed by atoms with Gasteiger partial charge in [-0.2, -0.15) is 0 Å². The van der Waals surface area contributed by atoms with Gasteiger partial charge in [0.15, 0.2) is 0 Å². The lowest BCUT2D eigenvalue weighted by Crippen LogP contribution is -2.25. The van der Waals surface area contributed by atoms with Crippen LogP contribution in [0.5, 0.6) is 0 Å². The van der Waals surface area contributed by atoms with E-state index in [0.717, 1.165) is 6.54 Å². The third-order valence-corrected chi connectivity index (χ3v) is 2.49. The number of hydrogen-bond acceptors (Lipinski definition) is 2. The smallest absolute Gasteiger partial charge is 0.146 e. The van der Waals surface area contributed by atoms with Gasteiger partial charge in [0.05, 0.1) is 11.8 Å². The van der Waals surface area contributed by atoms with Gasteiger partial charge in [-0.3, -0.25) is 0 Å². The van der Waals surface area contributed by atoms with Crippen LogP contribution in [0.15, 0.2) is 18.2 Å². The topological polar surface area (TPSA) is 23.5 Å². The molecule has 0 heterocycles. The number of hydrogen-bond donors (Lipinski definition) is 1. The van der Waals surface area contributed by atoms with E-state index in [-0.39, 0.29) is 5.82 Å². The van der Waals surface area contributed by atoms with E-state index in [0.29, 0.717) is 17.2 Å². The summed E-state index contributed by atoms with van der Waals surface area (Å²) in [5.41, 5.74) is 1.15. The molecule has 0 aliphatic heterocycles. The summed E-state index contributed by atoms with van der Waals surface area (Å²) >= 11 is 0. The quantitative estimate of drug-likeness (QED) is 0.851. The van der Waals surface area contributed by atoms with Crippen molar-refractivity contribution in [2.75, 3.05) is 18.5 Å². The maximum Gasteiger partial charge on any atom is 0.146 e. The van der Waals surface area contributed by atoms with E-state index in [1.807, 2.05) is 11.9 Å². The molecule has 0 spiro atoms. The van der Waals surface area contributed by atoms with Crippen LogP contribution in [0, 0.1) is 11.7 Å². The van der Waals surface area contributed by atoms with Gasteiger partial charge in [0.2, 0.25) is 0 Å². The Labute approximate surface area is 96.7 Å². The molecule has 1 N–H and O–H groups in total. The van der Waals surface area contributed by atoms with Crippen LogP contribution in [-0.2, 0) is 0 Å². The summed E-state index contributed by atoms with van der Waals surface area (Å²) in [6, 6.07) is 4.82. The standard InChI is InChI=1S/C13H20FNO/c1-9(2)8-15(4)13-11(10(3)16)6-5-7-12(13)14/h5-7,9-10,16H,8H2,1-4H3/t10-/m0/s1. The Morgan fingerprint density at radius 3 is 2.44 bits per heavy atom. The molecule has 0 unspecified atom stereocenters. The van der Waals surface area contributed by atoms with Gasteiger partial charge in [-0.1, -0.05) is 26.0 Å². The van der Waals surface area contributed by atoms with Crippen LogP contribution in [0.2, 0.25) is 0 Å². The Bertz CT molecular complexity index is 350. The molecule has 0 aliphatic rings. The fourth-order valence-corrected chi connectivity index (χ4v) is 1.91. The first-order chi connectivity index (χ1) is 7.43. The minimum absolute atomic E-state index is 0.276. The lowest BCUT2D eigenvalue weighted by Gasteiger charge is -2.25. The van der Waals surface area contributed by atoms with Crippen molar-refractivity contribution < 1.29 is 9.50 Å². The summed E-state index contributed by atoms with van der Waals surface area (Å²) in [7, 11) is 1.85. The number of rotatable bonds is 4. The van der Waals surface area contributed by atoms with Crippen molar-refractivity contribution in [2.24, 2.45) is 5.92 Å². The number of anilines is 1. The van der Waals surface area contributed by atoms with Gasteiger partial charge < -0.3 is 10.0 Å². The molecule has 0 aromatic heterocycles. The zero-order valence-corrected chi connectivity index (χ0v) is 10.4. The second-order valence-electron chi connectivity index (χ2n) is 4.63. The molecule has 0 saturated heterocycles. The highest BCUT2D eigenvalue weighted by Gasteiger charge is 2.16. The predicted molar refractivity (Wildman–Crippen MR) is 65.1 cm³/mol. The molecule has 0 amide bonds.